The molecule has 0 saturated carbocycles. The van der Waals surface area contributed by atoms with E-state index in [9.17, 15) is 0 Å². The van der Waals surface area contributed by atoms with E-state index >= 15 is 0 Å². The molecule has 1 fully saturated rings. The second-order valence-electron chi connectivity index (χ2n) is 4.87. The lowest BCUT2D eigenvalue weighted by Crippen LogP contribution is -2.40. The normalized spacial score (nSPS) is 21.4. The van der Waals surface area contributed by atoms with Crippen molar-refractivity contribution in [1.29, 1.82) is 0 Å². The summed E-state index contributed by atoms with van der Waals surface area (Å²) in [5.74, 6) is 0. The fourth-order valence-corrected chi connectivity index (χ4v) is 2.42. The molecule has 2 N–H and O–H groups in total. The fourth-order valence-electron chi connectivity index (χ4n) is 2.42. The van der Waals surface area contributed by atoms with Crippen LogP contribution in [0.2, 0.25) is 0 Å². The van der Waals surface area contributed by atoms with Gasteiger partial charge in [0.15, 0.2) is 0 Å². The average molecular weight is 234 g/mol. The Morgan fingerprint density at radius 2 is 2.29 bits per heavy atom. The third kappa shape index (κ3) is 3.45. The molecule has 1 aromatic carbocycles. The average Bonchev–Trinajstić information content (AvgIpc) is 2.38. The molecule has 2 rings (SSSR count). The molecule has 1 saturated heterocycles. The van der Waals surface area contributed by atoms with Crippen LogP contribution < -0.4 is 5.32 Å². The molecule has 0 bridgehead atoms. The quantitative estimate of drug-likeness (QED) is 0.837. The van der Waals surface area contributed by atoms with Gasteiger partial charge in [0.1, 0.15) is 0 Å². The summed E-state index contributed by atoms with van der Waals surface area (Å²) in [7, 11) is 2.20. The van der Waals surface area contributed by atoms with Gasteiger partial charge in [0.05, 0.1) is 6.61 Å². The van der Waals surface area contributed by atoms with E-state index in [-0.39, 0.29) is 6.61 Å². The predicted octanol–water partition coefficient (Wildman–Crippen LogP) is 2.08. The molecule has 0 aliphatic carbocycles. The fraction of sp³-hybridized carbons (Fsp3) is 0.571. The molecule has 1 unspecified atom stereocenters. The largest absolute Gasteiger partial charge is 0.392 e. The maximum Gasteiger partial charge on any atom is 0.0682 e. The van der Waals surface area contributed by atoms with Gasteiger partial charge < -0.3 is 15.3 Å². The van der Waals surface area contributed by atoms with Crippen LogP contribution in [0.4, 0.5) is 5.69 Å². The smallest absolute Gasteiger partial charge is 0.0682 e. The van der Waals surface area contributed by atoms with E-state index < -0.39 is 0 Å². The Balaban J connectivity index is 1.88. The Bertz CT molecular complexity index is 354. The van der Waals surface area contributed by atoms with Gasteiger partial charge in [0.25, 0.3) is 0 Å². The van der Waals surface area contributed by atoms with E-state index in [0.717, 1.165) is 17.8 Å². The molecule has 3 heteroatoms. The van der Waals surface area contributed by atoms with Crippen molar-refractivity contribution in [2.24, 2.45) is 0 Å². The summed E-state index contributed by atoms with van der Waals surface area (Å²) in [4.78, 5) is 2.44. The Labute approximate surface area is 103 Å². The minimum atomic E-state index is 0.110. The van der Waals surface area contributed by atoms with Crippen LogP contribution in [-0.4, -0.2) is 36.2 Å². The van der Waals surface area contributed by atoms with Gasteiger partial charge in [-0.2, -0.15) is 0 Å². The van der Waals surface area contributed by atoms with Crippen molar-refractivity contribution in [2.45, 2.75) is 31.9 Å². The zero-order valence-electron chi connectivity index (χ0n) is 10.5. The molecule has 0 radical (unpaired) electrons. The number of benzene rings is 1. The maximum atomic E-state index is 9.09. The highest BCUT2D eigenvalue weighted by Crippen LogP contribution is 2.16. The Kier molecular flexibility index (Phi) is 4.40. The summed E-state index contributed by atoms with van der Waals surface area (Å²) in [5, 5.41) is 12.6. The number of nitrogens with zero attached hydrogens (tertiary/aromatic N) is 1. The van der Waals surface area contributed by atoms with Crippen molar-refractivity contribution in [3.05, 3.63) is 29.8 Å². The lowest BCUT2D eigenvalue weighted by molar-refractivity contribution is 0.194. The highest BCUT2D eigenvalue weighted by atomic mass is 16.3. The second kappa shape index (κ2) is 6.03. The van der Waals surface area contributed by atoms with Crippen molar-refractivity contribution in [3.8, 4) is 0 Å². The van der Waals surface area contributed by atoms with Gasteiger partial charge in [-0.15, -0.1) is 0 Å². The first-order valence-electron chi connectivity index (χ1n) is 6.43. The Morgan fingerprint density at radius 1 is 1.41 bits per heavy atom. The van der Waals surface area contributed by atoms with Crippen LogP contribution in [0.3, 0.4) is 0 Å². The van der Waals surface area contributed by atoms with Crippen molar-refractivity contribution in [3.63, 3.8) is 0 Å². The molecule has 1 atom stereocenters. The summed E-state index contributed by atoms with van der Waals surface area (Å²) >= 11 is 0. The number of anilines is 1. The summed E-state index contributed by atoms with van der Waals surface area (Å²) in [5.41, 5.74) is 2.07. The van der Waals surface area contributed by atoms with Gasteiger partial charge in [-0.05, 0) is 44.1 Å². The molecule has 1 aliphatic heterocycles. The molecule has 0 amide bonds. The molecule has 94 valence electrons. The van der Waals surface area contributed by atoms with Gasteiger partial charge in [0.2, 0.25) is 0 Å². The summed E-state index contributed by atoms with van der Waals surface area (Å²) in [6.07, 6.45) is 3.95. The number of likely N-dealkylation sites (tertiary alicyclic amines) is 1. The van der Waals surface area contributed by atoms with E-state index in [4.69, 9.17) is 5.11 Å². The number of aliphatic hydroxyl groups is 1. The first-order valence-corrected chi connectivity index (χ1v) is 6.43. The van der Waals surface area contributed by atoms with Crippen LogP contribution in [0.1, 0.15) is 24.8 Å². The molecule has 3 nitrogen and oxygen atoms in total. The molecule has 1 heterocycles. The zero-order valence-corrected chi connectivity index (χ0v) is 10.5. The topological polar surface area (TPSA) is 35.5 Å². The zero-order chi connectivity index (χ0) is 12.1. The Morgan fingerprint density at radius 3 is 3.06 bits per heavy atom. The molecule has 1 aliphatic rings. The van der Waals surface area contributed by atoms with Crippen molar-refractivity contribution in [2.75, 3.05) is 25.5 Å². The number of hydrogen-bond donors (Lipinski definition) is 2. The van der Waals surface area contributed by atoms with Crippen LogP contribution in [0.15, 0.2) is 24.3 Å². The first-order chi connectivity index (χ1) is 8.29. The number of hydrogen-bond acceptors (Lipinski definition) is 3. The van der Waals surface area contributed by atoms with Crippen LogP contribution in [-0.2, 0) is 6.61 Å². The summed E-state index contributed by atoms with van der Waals surface area (Å²) < 4.78 is 0. The molecule has 0 aromatic heterocycles. The van der Waals surface area contributed by atoms with Gasteiger partial charge in [-0.3, -0.25) is 0 Å². The van der Waals surface area contributed by atoms with E-state index in [2.05, 4.69) is 23.3 Å². The number of piperidine rings is 1. The van der Waals surface area contributed by atoms with E-state index in [1.807, 2.05) is 18.2 Å². The molecule has 0 spiro atoms. The van der Waals surface area contributed by atoms with Gasteiger partial charge in [-0.1, -0.05) is 18.6 Å². The number of likely N-dealkylation sites (N-methyl/N-ethyl adjacent to an activating group) is 1. The lowest BCUT2D eigenvalue weighted by Gasteiger charge is -2.32. The minimum absolute atomic E-state index is 0.110. The van der Waals surface area contributed by atoms with Crippen molar-refractivity contribution in [1.82, 2.24) is 4.90 Å². The highest BCUT2D eigenvalue weighted by Gasteiger charge is 2.18. The van der Waals surface area contributed by atoms with E-state index in [1.54, 1.807) is 0 Å². The van der Waals surface area contributed by atoms with Crippen LogP contribution >= 0.6 is 0 Å². The standard InChI is InChI=1S/C14H22N2O/c1-16-8-3-2-7-14(16)10-15-13-6-4-5-12(9-13)11-17/h4-6,9,14-15,17H,2-3,7-8,10-11H2,1H3. The number of aliphatic hydroxyl groups excluding tert-OH is 1. The first kappa shape index (κ1) is 12.4. The molecule has 1 aromatic rings. The van der Waals surface area contributed by atoms with E-state index in [0.29, 0.717) is 6.04 Å². The van der Waals surface area contributed by atoms with Crippen LogP contribution in [0, 0.1) is 0 Å². The molecular weight excluding hydrogens is 212 g/mol. The maximum absolute atomic E-state index is 9.09. The monoisotopic (exact) mass is 234 g/mol. The van der Waals surface area contributed by atoms with Gasteiger partial charge >= 0.3 is 0 Å². The number of rotatable bonds is 4. The van der Waals surface area contributed by atoms with Crippen molar-refractivity contribution < 1.29 is 5.11 Å². The third-order valence-corrected chi connectivity index (χ3v) is 3.57. The highest BCUT2D eigenvalue weighted by molar-refractivity contribution is 5.45. The van der Waals surface area contributed by atoms with Crippen LogP contribution in [0.25, 0.3) is 0 Å². The Hall–Kier alpha value is -1.06. The van der Waals surface area contributed by atoms with E-state index in [1.165, 1.54) is 25.8 Å². The third-order valence-electron chi connectivity index (χ3n) is 3.57. The van der Waals surface area contributed by atoms with Crippen molar-refractivity contribution >= 4 is 5.69 Å². The van der Waals surface area contributed by atoms with Gasteiger partial charge in [-0.25, -0.2) is 0 Å². The predicted molar refractivity (Wildman–Crippen MR) is 71.1 cm³/mol. The van der Waals surface area contributed by atoms with Gasteiger partial charge in [0, 0.05) is 18.3 Å². The number of nitrogens with one attached hydrogen (secondary N) is 1. The SMILES string of the molecule is CN1CCCCC1CNc1cccc(CO)c1. The summed E-state index contributed by atoms with van der Waals surface area (Å²) in [6, 6.07) is 8.64. The lowest BCUT2D eigenvalue weighted by atomic mass is 10.0. The second-order valence-corrected chi connectivity index (χ2v) is 4.87. The molecular formula is C14H22N2O. The van der Waals surface area contributed by atoms with Crippen LogP contribution in [0.5, 0.6) is 0 Å². The minimum Gasteiger partial charge on any atom is -0.392 e. The summed E-state index contributed by atoms with van der Waals surface area (Å²) in [6.45, 7) is 2.31. The molecule has 17 heavy (non-hydrogen) atoms.